The topological polar surface area (TPSA) is 87.8 Å². The molecule has 1 heterocycles. The van der Waals surface area contributed by atoms with Crippen molar-refractivity contribution in [3.63, 3.8) is 0 Å². The van der Waals surface area contributed by atoms with Crippen molar-refractivity contribution in [2.45, 2.75) is 12.6 Å². The molecule has 2 rings (SSSR count). The molecule has 1 amide bonds. The summed E-state index contributed by atoms with van der Waals surface area (Å²) in [6.45, 7) is 4.14. The van der Waals surface area contributed by atoms with E-state index in [9.17, 15) is 9.90 Å². The van der Waals surface area contributed by atoms with Crippen LogP contribution in [0.15, 0.2) is 24.3 Å². The van der Waals surface area contributed by atoms with E-state index in [4.69, 9.17) is 10.5 Å². The van der Waals surface area contributed by atoms with Gasteiger partial charge in [-0.05, 0) is 17.7 Å². The number of benzene rings is 1. The van der Waals surface area contributed by atoms with Gasteiger partial charge in [-0.1, -0.05) is 12.1 Å². The number of rotatable bonds is 6. The van der Waals surface area contributed by atoms with E-state index in [-0.39, 0.29) is 6.54 Å². The fraction of sp³-hybridized carbons (Fsp3) is 0.500. The van der Waals surface area contributed by atoms with Gasteiger partial charge >= 0.3 is 0 Å². The van der Waals surface area contributed by atoms with Crippen LogP contribution < -0.4 is 16.0 Å². The molecule has 1 aromatic carbocycles. The highest BCUT2D eigenvalue weighted by atomic mass is 16.5. The first kappa shape index (κ1) is 14.8. The maximum Gasteiger partial charge on any atom is 0.247 e. The highest BCUT2D eigenvalue weighted by Crippen LogP contribution is 2.16. The Bertz CT molecular complexity index is 430. The summed E-state index contributed by atoms with van der Waals surface area (Å²) in [7, 11) is 0. The number of nitrogens with zero attached hydrogens (tertiary/aromatic N) is 1. The Morgan fingerprint density at radius 1 is 1.35 bits per heavy atom. The zero-order chi connectivity index (χ0) is 14.4. The van der Waals surface area contributed by atoms with E-state index in [1.54, 1.807) is 0 Å². The van der Waals surface area contributed by atoms with Gasteiger partial charge in [0.15, 0.2) is 0 Å². The van der Waals surface area contributed by atoms with Crippen molar-refractivity contribution in [1.29, 1.82) is 0 Å². The van der Waals surface area contributed by atoms with Gasteiger partial charge in [0.25, 0.3) is 0 Å². The second-order valence-electron chi connectivity index (χ2n) is 4.81. The lowest BCUT2D eigenvalue weighted by molar-refractivity contribution is -0.125. The van der Waals surface area contributed by atoms with Gasteiger partial charge in [0.1, 0.15) is 6.10 Å². The van der Waals surface area contributed by atoms with E-state index in [1.807, 2.05) is 12.1 Å². The molecular weight excluding hydrogens is 258 g/mol. The van der Waals surface area contributed by atoms with Crippen LogP contribution in [0, 0.1) is 0 Å². The predicted molar refractivity (Wildman–Crippen MR) is 76.4 cm³/mol. The van der Waals surface area contributed by atoms with Crippen LogP contribution in [0.2, 0.25) is 0 Å². The average Bonchev–Trinajstić information content (AvgIpc) is 2.48. The van der Waals surface area contributed by atoms with Gasteiger partial charge in [-0.15, -0.1) is 0 Å². The Hall–Kier alpha value is -1.63. The third-order valence-corrected chi connectivity index (χ3v) is 3.31. The number of amides is 1. The Labute approximate surface area is 118 Å². The van der Waals surface area contributed by atoms with E-state index < -0.39 is 12.0 Å². The van der Waals surface area contributed by atoms with Crippen LogP contribution in [-0.2, 0) is 16.1 Å². The molecule has 110 valence electrons. The molecule has 1 aliphatic rings. The number of hydrogen-bond acceptors (Lipinski definition) is 5. The molecule has 0 bridgehead atoms. The minimum Gasteiger partial charge on any atom is -0.382 e. The van der Waals surface area contributed by atoms with Crippen molar-refractivity contribution < 1.29 is 14.6 Å². The first-order valence-corrected chi connectivity index (χ1v) is 6.76. The van der Waals surface area contributed by atoms with E-state index in [0.29, 0.717) is 6.54 Å². The van der Waals surface area contributed by atoms with Crippen molar-refractivity contribution in [2.24, 2.45) is 5.73 Å². The van der Waals surface area contributed by atoms with E-state index in [2.05, 4.69) is 22.3 Å². The van der Waals surface area contributed by atoms with Crippen LogP contribution in [-0.4, -0.2) is 50.0 Å². The number of aliphatic hydroxyl groups is 1. The predicted octanol–water partition coefficient (Wildman–Crippen LogP) is -0.541. The minimum absolute atomic E-state index is 0.167. The Kier molecular flexibility index (Phi) is 5.34. The molecule has 1 unspecified atom stereocenters. The largest absolute Gasteiger partial charge is 0.382 e. The third-order valence-electron chi connectivity index (χ3n) is 3.31. The molecule has 6 heteroatoms. The average molecular weight is 279 g/mol. The summed E-state index contributed by atoms with van der Waals surface area (Å²) in [5.41, 5.74) is 7.26. The fourth-order valence-corrected chi connectivity index (χ4v) is 2.10. The van der Waals surface area contributed by atoms with Crippen molar-refractivity contribution in [2.75, 3.05) is 37.7 Å². The first-order valence-electron chi connectivity index (χ1n) is 6.76. The molecule has 0 radical (unpaired) electrons. The number of hydrogen-bond donors (Lipinski definition) is 3. The number of carbonyl (C=O) groups excluding carboxylic acids is 1. The third kappa shape index (κ3) is 4.19. The number of primary amides is 1. The molecule has 0 saturated carbocycles. The SMILES string of the molecule is NC(=O)C(O)CNCc1ccc(N2CCOCC2)cc1. The van der Waals surface area contributed by atoms with Crippen LogP contribution in [0.4, 0.5) is 5.69 Å². The fourth-order valence-electron chi connectivity index (χ4n) is 2.10. The van der Waals surface area contributed by atoms with Crippen molar-refractivity contribution in [3.05, 3.63) is 29.8 Å². The molecule has 4 N–H and O–H groups in total. The molecule has 0 aromatic heterocycles. The highest BCUT2D eigenvalue weighted by molar-refractivity contribution is 5.78. The standard InChI is InChI=1S/C14H21N3O3/c15-14(19)13(18)10-16-9-11-1-3-12(4-2-11)17-5-7-20-8-6-17/h1-4,13,16,18H,5-10H2,(H2,15,19). The maximum atomic E-state index is 10.7. The normalized spacial score (nSPS) is 16.9. The van der Waals surface area contributed by atoms with Crippen LogP contribution in [0.25, 0.3) is 0 Å². The quantitative estimate of drug-likeness (QED) is 0.651. The molecule has 6 nitrogen and oxygen atoms in total. The van der Waals surface area contributed by atoms with Gasteiger partial charge in [0, 0.05) is 31.9 Å². The van der Waals surface area contributed by atoms with Crippen LogP contribution in [0.3, 0.4) is 0 Å². The number of ether oxygens (including phenoxy) is 1. The number of nitrogens with two attached hydrogens (primary N) is 1. The van der Waals surface area contributed by atoms with Gasteiger partial charge in [0.2, 0.25) is 5.91 Å². The molecule has 20 heavy (non-hydrogen) atoms. The lowest BCUT2D eigenvalue weighted by Gasteiger charge is -2.28. The van der Waals surface area contributed by atoms with Crippen molar-refractivity contribution in [1.82, 2.24) is 5.32 Å². The smallest absolute Gasteiger partial charge is 0.247 e. The highest BCUT2D eigenvalue weighted by Gasteiger charge is 2.11. The number of nitrogens with one attached hydrogen (secondary N) is 1. The molecule has 1 atom stereocenters. The van der Waals surface area contributed by atoms with Crippen LogP contribution in [0.5, 0.6) is 0 Å². The molecule has 0 spiro atoms. The van der Waals surface area contributed by atoms with E-state index >= 15 is 0 Å². The number of morpholine rings is 1. The van der Waals surface area contributed by atoms with Gasteiger partial charge in [0.05, 0.1) is 13.2 Å². The Balaban J connectivity index is 1.80. The van der Waals surface area contributed by atoms with Gasteiger partial charge in [-0.3, -0.25) is 4.79 Å². The summed E-state index contributed by atoms with van der Waals surface area (Å²) >= 11 is 0. The van der Waals surface area contributed by atoms with Crippen molar-refractivity contribution in [3.8, 4) is 0 Å². The number of aliphatic hydroxyl groups excluding tert-OH is 1. The second kappa shape index (κ2) is 7.23. The lowest BCUT2D eigenvalue weighted by Crippen LogP contribution is -2.37. The van der Waals surface area contributed by atoms with Crippen molar-refractivity contribution >= 4 is 11.6 Å². The first-order chi connectivity index (χ1) is 9.66. The summed E-state index contributed by atoms with van der Waals surface area (Å²) in [6.07, 6.45) is -1.14. The zero-order valence-electron chi connectivity index (χ0n) is 11.4. The van der Waals surface area contributed by atoms with Gasteiger partial charge in [-0.25, -0.2) is 0 Å². The number of anilines is 1. The number of carbonyl (C=O) groups is 1. The zero-order valence-corrected chi connectivity index (χ0v) is 11.4. The monoisotopic (exact) mass is 279 g/mol. The minimum atomic E-state index is -1.14. The molecule has 1 saturated heterocycles. The molecule has 1 fully saturated rings. The maximum absolute atomic E-state index is 10.7. The van der Waals surface area contributed by atoms with Crippen LogP contribution >= 0.6 is 0 Å². The summed E-state index contributed by atoms with van der Waals surface area (Å²) in [5, 5.41) is 12.3. The summed E-state index contributed by atoms with van der Waals surface area (Å²) < 4.78 is 5.33. The van der Waals surface area contributed by atoms with Gasteiger partial charge < -0.3 is 25.8 Å². The lowest BCUT2D eigenvalue weighted by atomic mass is 10.2. The molecule has 0 aliphatic carbocycles. The second-order valence-corrected chi connectivity index (χ2v) is 4.81. The molecule has 1 aromatic rings. The van der Waals surface area contributed by atoms with E-state index in [0.717, 1.165) is 31.9 Å². The summed E-state index contributed by atoms with van der Waals surface area (Å²) in [4.78, 5) is 13.0. The van der Waals surface area contributed by atoms with Crippen LogP contribution in [0.1, 0.15) is 5.56 Å². The Morgan fingerprint density at radius 3 is 2.60 bits per heavy atom. The molecular formula is C14H21N3O3. The summed E-state index contributed by atoms with van der Waals surface area (Å²) in [5.74, 6) is -0.708. The molecule has 1 aliphatic heterocycles. The van der Waals surface area contributed by atoms with Gasteiger partial charge in [-0.2, -0.15) is 0 Å². The van der Waals surface area contributed by atoms with E-state index in [1.165, 1.54) is 5.69 Å². The Morgan fingerprint density at radius 2 is 2.00 bits per heavy atom. The summed E-state index contributed by atoms with van der Waals surface area (Å²) in [6, 6.07) is 8.22.